The Balaban J connectivity index is 1.73. The van der Waals surface area contributed by atoms with Gasteiger partial charge in [-0.05, 0) is 41.8 Å². The Labute approximate surface area is 178 Å². The minimum absolute atomic E-state index is 0.203. The van der Waals surface area contributed by atoms with Crippen LogP contribution in [0.15, 0.2) is 95.1 Å². The number of carbonyl (C=O) groups is 2. The first-order valence-electron chi connectivity index (χ1n) is 9.27. The van der Waals surface area contributed by atoms with Crippen LogP contribution >= 0.6 is 15.9 Å². The number of rotatable bonds is 7. The maximum Gasteiger partial charge on any atom is 0.267 e. The van der Waals surface area contributed by atoms with E-state index in [1.54, 1.807) is 24.3 Å². The molecule has 3 aromatic carbocycles. The lowest BCUT2D eigenvalue weighted by Crippen LogP contribution is -2.35. The molecule has 0 aromatic heterocycles. The van der Waals surface area contributed by atoms with Crippen LogP contribution in [0.4, 0.5) is 0 Å². The smallest absolute Gasteiger partial charge is 0.267 e. The van der Waals surface area contributed by atoms with E-state index in [1.807, 2.05) is 66.7 Å². The highest BCUT2D eigenvalue weighted by molar-refractivity contribution is 9.10. The molecule has 3 aromatic rings. The standard InChI is InChI=1S/C24H21BrN2O2/c25-21-13-7-12-20(17-21)23(28)27-22(16-19-10-5-2-6-11-19)24(29)26-15-14-18-8-3-1-4-9-18/h1-13,16-17H,14-15H2,(H,26,29)(H,27,28). The van der Waals surface area contributed by atoms with Gasteiger partial charge < -0.3 is 10.6 Å². The molecule has 3 rings (SSSR count). The van der Waals surface area contributed by atoms with E-state index >= 15 is 0 Å². The average Bonchev–Trinajstić information content (AvgIpc) is 2.74. The van der Waals surface area contributed by atoms with Crippen molar-refractivity contribution in [3.8, 4) is 0 Å². The summed E-state index contributed by atoms with van der Waals surface area (Å²) < 4.78 is 0.797. The number of amides is 2. The van der Waals surface area contributed by atoms with Gasteiger partial charge in [-0.15, -0.1) is 0 Å². The van der Waals surface area contributed by atoms with Gasteiger partial charge in [-0.3, -0.25) is 9.59 Å². The van der Waals surface area contributed by atoms with Crippen molar-refractivity contribution in [1.82, 2.24) is 10.6 Å². The summed E-state index contributed by atoms with van der Waals surface area (Å²) in [6.07, 6.45) is 2.39. The third-order valence-corrected chi connectivity index (χ3v) is 4.73. The van der Waals surface area contributed by atoms with E-state index in [4.69, 9.17) is 0 Å². The Morgan fingerprint density at radius 2 is 1.55 bits per heavy atom. The topological polar surface area (TPSA) is 58.2 Å². The van der Waals surface area contributed by atoms with Crippen molar-refractivity contribution in [1.29, 1.82) is 0 Å². The quantitative estimate of drug-likeness (QED) is 0.519. The van der Waals surface area contributed by atoms with Crippen molar-refractivity contribution >= 4 is 33.8 Å². The molecule has 0 radical (unpaired) electrons. The molecule has 0 bridgehead atoms. The minimum Gasteiger partial charge on any atom is -0.350 e. The van der Waals surface area contributed by atoms with E-state index in [1.165, 1.54) is 0 Å². The Morgan fingerprint density at radius 3 is 2.24 bits per heavy atom. The van der Waals surface area contributed by atoms with Crippen molar-refractivity contribution in [3.63, 3.8) is 0 Å². The summed E-state index contributed by atoms with van der Waals surface area (Å²) in [7, 11) is 0. The van der Waals surface area contributed by atoms with Gasteiger partial charge in [0, 0.05) is 16.6 Å². The van der Waals surface area contributed by atoms with Gasteiger partial charge in [-0.1, -0.05) is 82.7 Å². The number of benzene rings is 3. The van der Waals surface area contributed by atoms with Gasteiger partial charge in [0.2, 0.25) is 0 Å². The lowest BCUT2D eigenvalue weighted by atomic mass is 10.1. The summed E-state index contributed by atoms with van der Waals surface area (Å²) in [6, 6.07) is 26.4. The van der Waals surface area contributed by atoms with Gasteiger partial charge in [0.25, 0.3) is 11.8 Å². The fourth-order valence-corrected chi connectivity index (χ4v) is 3.16. The molecule has 0 aliphatic heterocycles. The molecule has 0 aliphatic carbocycles. The first kappa shape index (κ1) is 20.6. The van der Waals surface area contributed by atoms with Crippen molar-refractivity contribution in [3.05, 3.63) is 112 Å². The van der Waals surface area contributed by atoms with Crippen LogP contribution in [0.3, 0.4) is 0 Å². The van der Waals surface area contributed by atoms with Gasteiger partial charge in [0.05, 0.1) is 0 Å². The molecule has 0 fully saturated rings. The van der Waals surface area contributed by atoms with Crippen LogP contribution in [0, 0.1) is 0 Å². The van der Waals surface area contributed by atoms with Crippen LogP contribution in [0.2, 0.25) is 0 Å². The fraction of sp³-hybridized carbons (Fsp3) is 0.0833. The molecule has 0 aliphatic rings. The molecular formula is C24H21BrN2O2. The zero-order valence-corrected chi connectivity index (χ0v) is 17.4. The molecule has 0 saturated carbocycles. The highest BCUT2D eigenvalue weighted by Gasteiger charge is 2.14. The van der Waals surface area contributed by atoms with Gasteiger partial charge >= 0.3 is 0 Å². The number of nitrogens with one attached hydrogen (secondary N) is 2. The van der Waals surface area contributed by atoms with Crippen LogP contribution in [0.5, 0.6) is 0 Å². The predicted octanol–water partition coefficient (Wildman–Crippen LogP) is 4.58. The Hall–Kier alpha value is -3.18. The maximum absolute atomic E-state index is 12.8. The van der Waals surface area contributed by atoms with E-state index < -0.39 is 0 Å². The molecule has 0 heterocycles. The molecule has 0 saturated heterocycles. The SMILES string of the molecule is O=C(NCCc1ccccc1)C(=Cc1ccccc1)NC(=O)c1cccc(Br)c1. The second-order valence-corrected chi connectivity index (χ2v) is 7.34. The van der Waals surface area contributed by atoms with Gasteiger partial charge in [0.1, 0.15) is 5.70 Å². The third-order valence-electron chi connectivity index (χ3n) is 4.23. The number of hydrogen-bond acceptors (Lipinski definition) is 2. The summed E-state index contributed by atoms with van der Waals surface area (Å²) in [5.74, 6) is -0.667. The number of carbonyl (C=O) groups excluding carboxylic acids is 2. The largest absolute Gasteiger partial charge is 0.350 e. The van der Waals surface area contributed by atoms with Crippen molar-refractivity contribution in [2.75, 3.05) is 6.54 Å². The zero-order chi connectivity index (χ0) is 20.5. The van der Waals surface area contributed by atoms with E-state index in [-0.39, 0.29) is 17.5 Å². The Morgan fingerprint density at radius 1 is 0.862 bits per heavy atom. The average molecular weight is 449 g/mol. The van der Waals surface area contributed by atoms with Crippen molar-refractivity contribution in [2.45, 2.75) is 6.42 Å². The fourth-order valence-electron chi connectivity index (χ4n) is 2.76. The molecule has 0 spiro atoms. The molecule has 0 atom stereocenters. The van der Waals surface area contributed by atoms with E-state index in [9.17, 15) is 9.59 Å². The monoisotopic (exact) mass is 448 g/mol. The molecule has 0 unspecified atom stereocenters. The van der Waals surface area contributed by atoms with E-state index in [0.717, 1.165) is 15.6 Å². The van der Waals surface area contributed by atoms with Crippen LogP contribution in [0.25, 0.3) is 6.08 Å². The van der Waals surface area contributed by atoms with E-state index in [2.05, 4.69) is 26.6 Å². The lowest BCUT2D eigenvalue weighted by Gasteiger charge is -2.11. The molecule has 4 nitrogen and oxygen atoms in total. The molecular weight excluding hydrogens is 428 g/mol. The summed E-state index contributed by atoms with van der Waals surface area (Å²) in [6.45, 7) is 0.474. The lowest BCUT2D eigenvalue weighted by molar-refractivity contribution is -0.117. The summed E-state index contributed by atoms with van der Waals surface area (Å²) in [5, 5.41) is 5.64. The van der Waals surface area contributed by atoms with Gasteiger partial charge in [-0.2, -0.15) is 0 Å². The maximum atomic E-state index is 12.8. The Kier molecular flexibility index (Phi) is 7.36. The van der Waals surface area contributed by atoms with Gasteiger partial charge in [0.15, 0.2) is 0 Å². The second kappa shape index (κ2) is 10.4. The molecule has 2 N–H and O–H groups in total. The summed E-state index contributed by atoms with van der Waals surface area (Å²) >= 11 is 3.36. The highest BCUT2D eigenvalue weighted by atomic mass is 79.9. The first-order valence-corrected chi connectivity index (χ1v) is 10.1. The minimum atomic E-state index is -0.341. The van der Waals surface area contributed by atoms with Crippen LogP contribution in [-0.2, 0) is 11.2 Å². The van der Waals surface area contributed by atoms with Crippen LogP contribution in [-0.4, -0.2) is 18.4 Å². The van der Waals surface area contributed by atoms with Crippen molar-refractivity contribution < 1.29 is 9.59 Å². The van der Waals surface area contributed by atoms with Crippen molar-refractivity contribution in [2.24, 2.45) is 0 Å². The first-order chi connectivity index (χ1) is 14.1. The molecule has 146 valence electrons. The third kappa shape index (κ3) is 6.43. The molecule has 29 heavy (non-hydrogen) atoms. The van der Waals surface area contributed by atoms with Crippen LogP contribution in [0.1, 0.15) is 21.5 Å². The molecule has 5 heteroatoms. The zero-order valence-electron chi connectivity index (χ0n) is 15.8. The highest BCUT2D eigenvalue weighted by Crippen LogP contribution is 2.13. The normalized spacial score (nSPS) is 11.0. The second-order valence-electron chi connectivity index (χ2n) is 6.42. The Bertz CT molecular complexity index is 1000. The summed E-state index contributed by atoms with van der Waals surface area (Å²) in [5.41, 5.74) is 2.64. The summed E-state index contributed by atoms with van der Waals surface area (Å²) in [4.78, 5) is 25.4. The van der Waals surface area contributed by atoms with Crippen LogP contribution < -0.4 is 10.6 Å². The molecule has 2 amide bonds. The number of hydrogen-bond donors (Lipinski definition) is 2. The van der Waals surface area contributed by atoms with E-state index in [0.29, 0.717) is 18.5 Å². The van der Waals surface area contributed by atoms with Gasteiger partial charge in [-0.25, -0.2) is 0 Å². The predicted molar refractivity (Wildman–Crippen MR) is 119 cm³/mol. The number of halogens is 1.